The first-order valence-electron chi connectivity index (χ1n) is 5.18. The first kappa shape index (κ1) is 12.5. The standard InChI is InChI=1S/C13H9ClFNO2/c1-8-6-12(17)11(13(14)18)7-16(8)10-4-2-9(15)3-5-10/h2-7H,1H3. The molecule has 92 valence electrons. The fourth-order valence-electron chi connectivity index (χ4n) is 1.66. The molecule has 0 atom stereocenters. The van der Waals surface area contributed by atoms with Crippen LogP contribution < -0.4 is 5.43 Å². The molecule has 0 N–H and O–H groups in total. The summed E-state index contributed by atoms with van der Waals surface area (Å²) in [5.41, 5.74) is 0.749. The summed E-state index contributed by atoms with van der Waals surface area (Å²) in [6.45, 7) is 1.72. The zero-order chi connectivity index (χ0) is 13.3. The lowest BCUT2D eigenvalue weighted by Gasteiger charge is -2.11. The Hall–Kier alpha value is -1.94. The lowest BCUT2D eigenvalue weighted by Crippen LogP contribution is -2.16. The first-order valence-corrected chi connectivity index (χ1v) is 5.56. The molecule has 0 saturated carbocycles. The number of pyridine rings is 1. The summed E-state index contributed by atoms with van der Waals surface area (Å²) in [4.78, 5) is 22.6. The van der Waals surface area contributed by atoms with Crippen molar-refractivity contribution in [1.29, 1.82) is 0 Å². The summed E-state index contributed by atoms with van der Waals surface area (Å²) in [5, 5.41) is -0.809. The Morgan fingerprint density at radius 2 is 1.89 bits per heavy atom. The average molecular weight is 266 g/mol. The van der Waals surface area contributed by atoms with Gasteiger partial charge in [-0.05, 0) is 42.8 Å². The number of hydrogen-bond donors (Lipinski definition) is 0. The van der Waals surface area contributed by atoms with E-state index in [0.29, 0.717) is 11.4 Å². The molecule has 0 spiro atoms. The predicted molar refractivity (Wildman–Crippen MR) is 66.9 cm³/mol. The van der Waals surface area contributed by atoms with Crippen molar-refractivity contribution in [2.45, 2.75) is 6.92 Å². The summed E-state index contributed by atoms with van der Waals surface area (Å²) in [6, 6.07) is 7.02. The van der Waals surface area contributed by atoms with Gasteiger partial charge in [0.1, 0.15) is 5.82 Å². The van der Waals surface area contributed by atoms with Gasteiger partial charge < -0.3 is 4.57 Å². The zero-order valence-electron chi connectivity index (χ0n) is 9.48. The highest BCUT2D eigenvalue weighted by molar-refractivity contribution is 6.67. The molecule has 18 heavy (non-hydrogen) atoms. The second-order valence-corrected chi connectivity index (χ2v) is 4.16. The molecular weight excluding hydrogens is 257 g/mol. The molecule has 0 aliphatic heterocycles. The van der Waals surface area contributed by atoms with Crippen molar-refractivity contribution >= 4 is 16.8 Å². The van der Waals surface area contributed by atoms with Gasteiger partial charge >= 0.3 is 0 Å². The zero-order valence-corrected chi connectivity index (χ0v) is 10.2. The summed E-state index contributed by atoms with van der Waals surface area (Å²) in [7, 11) is 0. The highest BCUT2D eigenvalue weighted by atomic mass is 35.5. The third-order valence-electron chi connectivity index (χ3n) is 2.56. The molecule has 0 fully saturated rings. The number of aromatic nitrogens is 1. The molecule has 1 aromatic heterocycles. The minimum atomic E-state index is -0.809. The highest BCUT2D eigenvalue weighted by Crippen LogP contribution is 2.12. The third-order valence-corrected chi connectivity index (χ3v) is 2.76. The van der Waals surface area contributed by atoms with E-state index in [4.69, 9.17) is 11.6 Å². The van der Waals surface area contributed by atoms with Gasteiger partial charge in [0.25, 0.3) is 5.24 Å². The van der Waals surface area contributed by atoms with Crippen LogP contribution in [-0.4, -0.2) is 9.81 Å². The molecule has 1 aromatic carbocycles. The van der Waals surface area contributed by atoms with E-state index in [9.17, 15) is 14.0 Å². The fourth-order valence-corrected chi connectivity index (χ4v) is 1.80. The second kappa shape index (κ2) is 4.74. The van der Waals surface area contributed by atoms with Crippen molar-refractivity contribution in [3.05, 3.63) is 63.8 Å². The average Bonchev–Trinajstić information content (AvgIpc) is 2.30. The van der Waals surface area contributed by atoms with Gasteiger partial charge in [0.05, 0.1) is 5.56 Å². The summed E-state index contributed by atoms with van der Waals surface area (Å²) in [5.74, 6) is -0.355. The topological polar surface area (TPSA) is 39.1 Å². The van der Waals surface area contributed by atoms with E-state index in [1.54, 1.807) is 23.6 Å². The summed E-state index contributed by atoms with van der Waals surface area (Å²) in [6.07, 6.45) is 1.36. The van der Waals surface area contributed by atoms with Gasteiger partial charge in [-0.1, -0.05) is 0 Å². The molecule has 0 radical (unpaired) electrons. The van der Waals surface area contributed by atoms with Gasteiger partial charge in [-0.25, -0.2) is 4.39 Å². The van der Waals surface area contributed by atoms with Crippen molar-refractivity contribution < 1.29 is 9.18 Å². The summed E-state index contributed by atoms with van der Waals surface area (Å²) < 4.78 is 14.4. The Morgan fingerprint density at radius 1 is 1.28 bits per heavy atom. The van der Waals surface area contributed by atoms with Crippen LogP contribution in [0.25, 0.3) is 5.69 Å². The number of carbonyl (C=O) groups is 1. The van der Waals surface area contributed by atoms with Gasteiger partial charge in [0.2, 0.25) is 0 Å². The number of benzene rings is 1. The number of hydrogen-bond acceptors (Lipinski definition) is 2. The molecule has 0 amide bonds. The normalized spacial score (nSPS) is 10.4. The van der Waals surface area contributed by atoms with E-state index in [-0.39, 0.29) is 11.4 Å². The van der Waals surface area contributed by atoms with Crippen LogP contribution in [-0.2, 0) is 0 Å². The van der Waals surface area contributed by atoms with E-state index >= 15 is 0 Å². The number of aryl methyl sites for hydroxylation is 1. The molecule has 3 nitrogen and oxygen atoms in total. The van der Waals surface area contributed by atoms with Crippen LogP contribution in [0.15, 0.2) is 41.3 Å². The van der Waals surface area contributed by atoms with Crippen LogP contribution in [0.4, 0.5) is 4.39 Å². The maximum Gasteiger partial charge on any atom is 0.257 e. The molecule has 2 rings (SSSR count). The minimum absolute atomic E-state index is 0.105. The van der Waals surface area contributed by atoms with Crippen LogP contribution in [0, 0.1) is 12.7 Å². The molecule has 0 bridgehead atoms. The van der Waals surface area contributed by atoms with Crippen LogP contribution in [0.1, 0.15) is 16.1 Å². The van der Waals surface area contributed by atoms with Crippen molar-refractivity contribution in [1.82, 2.24) is 4.57 Å². The fraction of sp³-hybridized carbons (Fsp3) is 0.0769. The Morgan fingerprint density at radius 3 is 2.44 bits per heavy atom. The van der Waals surface area contributed by atoms with E-state index in [0.717, 1.165) is 0 Å². The van der Waals surface area contributed by atoms with Crippen LogP contribution in [0.3, 0.4) is 0 Å². The molecule has 2 aromatic rings. The monoisotopic (exact) mass is 265 g/mol. The van der Waals surface area contributed by atoms with Crippen molar-refractivity contribution in [2.75, 3.05) is 0 Å². The molecule has 0 saturated heterocycles. The number of nitrogens with zero attached hydrogens (tertiary/aromatic N) is 1. The maximum absolute atomic E-state index is 12.8. The lowest BCUT2D eigenvalue weighted by atomic mass is 10.2. The number of rotatable bonds is 2. The van der Waals surface area contributed by atoms with Crippen molar-refractivity contribution in [3.63, 3.8) is 0 Å². The molecule has 5 heteroatoms. The molecule has 0 aliphatic carbocycles. The number of halogens is 2. The van der Waals surface area contributed by atoms with E-state index in [1.165, 1.54) is 24.4 Å². The Balaban J connectivity index is 2.64. The third kappa shape index (κ3) is 2.33. The van der Waals surface area contributed by atoms with Gasteiger partial charge in [-0.15, -0.1) is 0 Å². The Labute approximate surface area is 107 Å². The molecule has 1 heterocycles. The molecular formula is C13H9ClFNO2. The molecule has 0 aliphatic rings. The second-order valence-electron chi connectivity index (χ2n) is 3.81. The lowest BCUT2D eigenvalue weighted by molar-refractivity contribution is 0.108. The van der Waals surface area contributed by atoms with Crippen molar-refractivity contribution in [3.8, 4) is 5.69 Å². The van der Waals surface area contributed by atoms with Crippen molar-refractivity contribution in [2.24, 2.45) is 0 Å². The smallest absolute Gasteiger partial charge is 0.257 e. The Bertz CT molecular complexity index is 662. The summed E-state index contributed by atoms with van der Waals surface area (Å²) >= 11 is 5.33. The van der Waals surface area contributed by atoms with Gasteiger partial charge in [0, 0.05) is 23.6 Å². The molecule has 0 unspecified atom stereocenters. The first-order chi connectivity index (χ1) is 8.49. The maximum atomic E-state index is 12.8. The number of carbonyl (C=O) groups excluding carboxylic acids is 1. The van der Waals surface area contributed by atoms with Crippen LogP contribution in [0.2, 0.25) is 0 Å². The van der Waals surface area contributed by atoms with E-state index in [2.05, 4.69) is 0 Å². The van der Waals surface area contributed by atoms with Gasteiger partial charge in [-0.2, -0.15) is 0 Å². The van der Waals surface area contributed by atoms with E-state index in [1.807, 2.05) is 0 Å². The van der Waals surface area contributed by atoms with Crippen LogP contribution >= 0.6 is 11.6 Å². The van der Waals surface area contributed by atoms with Gasteiger partial charge in [-0.3, -0.25) is 9.59 Å². The minimum Gasteiger partial charge on any atom is -0.320 e. The SMILES string of the molecule is Cc1cc(=O)c(C(=O)Cl)cn1-c1ccc(F)cc1. The van der Waals surface area contributed by atoms with Crippen LogP contribution in [0.5, 0.6) is 0 Å². The largest absolute Gasteiger partial charge is 0.320 e. The highest BCUT2D eigenvalue weighted by Gasteiger charge is 2.10. The predicted octanol–water partition coefficient (Wildman–Crippen LogP) is 2.66. The quantitative estimate of drug-likeness (QED) is 0.783. The van der Waals surface area contributed by atoms with Gasteiger partial charge in [0.15, 0.2) is 5.43 Å². The Kier molecular flexibility index (Phi) is 3.30. The van der Waals surface area contributed by atoms with E-state index < -0.39 is 10.7 Å².